The number of Topliss-reactive ketones (excluding diaryl/α,β-unsaturated/α-hetero) is 1. The van der Waals surface area contributed by atoms with Gasteiger partial charge in [0.25, 0.3) is 0 Å². The highest BCUT2D eigenvalue weighted by molar-refractivity contribution is 5.95. The molecule has 2 heterocycles. The van der Waals surface area contributed by atoms with E-state index in [1.807, 2.05) is 0 Å². The van der Waals surface area contributed by atoms with Crippen molar-refractivity contribution in [2.24, 2.45) is 45.3 Å². The summed E-state index contributed by atoms with van der Waals surface area (Å²) >= 11 is 0. The predicted molar refractivity (Wildman–Crippen MR) is 145 cm³/mol. The van der Waals surface area contributed by atoms with Gasteiger partial charge in [0.15, 0.2) is 5.78 Å². The van der Waals surface area contributed by atoms with E-state index in [-0.39, 0.29) is 47.4 Å². The van der Waals surface area contributed by atoms with Crippen molar-refractivity contribution in [3.05, 3.63) is 0 Å². The van der Waals surface area contributed by atoms with Crippen LogP contribution in [0.3, 0.4) is 0 Å². The third-order valence-electron chi connectivity index (χ3n) is 13.0. The van der Waals surface area contributed by atoms with Crippen molar-refractivity contribution in [2.75, 3.05) is 13.2 Å². The molecule has 4 unspecified atom stereocenters. The quantitative estimate of drug-likeness (QED) is 0.279. The van der Waals surface area contributed by atoms with E-state index in [2.05, 4.69) is 34.6 Å². The average Bonchev–Trinajstić information content (AvgIpc) is 3.34. The van der Waals surface area contributed by atoms with Crippen molar-refractivity contribution in [3.8, 4) is 0 Å². The number of fused-ring (bicyclic) bond motifs is 3. The Bertz CT molecular complexity index is 1170. The highest BCUT2D eigenvalue weighted by atomic mass is 16.6. The maximum absolute atomic E-state index is 14.1. The molecule has 228 valence electrons. The second-order valence-corrected chi connectivity index (χ2v) is 15.0. The first-order valence-electron chi connectivity index (χ1n) is 15.4. The van der Waals surface area contributed by atoms with Gasteiger partial charge in [-0.05, 0) is 43.4 Å². The number of carbonyl (C=O) groups excluding carboxylic acids is 4. The minimum absolute atomic E-state index is 0.0792. The lowest BCUT2D eigenvalue weighted by Crippen LogP contribution is -2.74. The molecular formula is C32H46O9. The Kier molecular flexibility index (Phi) is 6.39. The molecule has 0 radical (unpaired) electrons. The highest BCUT2D eigenvalue weighted by Crippen LogP contribution is 2.81. The third kappa shape index (κ3) is 3.54. The Hall–Kier alpha value is -2.00. The van der Waals surface area contributed by atoms with Crippen LogP contribution in [0, 0.1) is 45.3 Å². The molecule has 6 rings (SSSR count). The van der Waals surface area contributed by atoms with E-state index in [9.17, 15) is 19.2 Å². The van der Waals surface area contributed by atoms with Gasteiger partial charge in [0, 0.05) is 61.4 Å². The number of hydrogen-bond donors (Lipinski definition) is 0. The molecule has 2 saturated heterocycles. The van der Waals surface area contributed by atoms with Gasteiger partial charge in [0.05, 0.1) is 6.61 Å². The standard InChI is InChI=1S/C32H46O9/c1-16(33)38-22-14-23(39-17(2)34)30(7)20-9-11-29(6)25(19-10-12-37-15-19)26(36)27-32(29,41-27)31(20,8)24(40-18(3)35)13-21(30)28(22,4)5/h19-25,27H,9-15H2,1-8H3/t19?,20?,21?,22-,23+,24-,25-,27-,29+,30-,31+,32?/m1/s1. The van der Waals surface area contributed by atoms with E-state index >= 15 is 0 Å². The van der Waals surface area contributed by atoms with Gasteiger partial charge in [0.2, 0.25) is 0 Å². The van der Waals surface area contributed by atoms with Gasteiger partial charge in [-0.25, -0.2) is 0 Å². The lowest BCUT2D eigenvalue weighted by atomic mass is 9.35. The molecule has 4 aliphatic carbocycles. The second-order valence-electron chi connectivity index (χ2n) is 15.0. The predicted octanol–water partition coefficient (Wildman–Crippen LogP) is 4.03. The fourth-order valence-corrected chi connectivity index (χ4v) is 11.5. The largest absolute Gasteiger partial charge is 0.462 e. The fraction of sp³-hybridized carbons (Fsp3) is 0.875. The molecule has 6 fully saturated rings. The maximum atomic E-state index is 14.1. The summed E-state index contributed by atoms with van der Waals surface area (Å²) in [7, 11) is 0. The van der Waals surface area contributed by atoms with E-state index < -0.39 is 51.7 Å². The Morgan fingerprint density at radius 3 is 2.00 bits per heavy atom. The Labute approximate surface area is 242 Å². The first-order valence-corrected chi connectivity index (χ1v) is 15.4. The van der Waals surface area contributed by atoms with Crippen LogP contribution in [0.15, 0.2) is 0 Å². The van der Waals surface area contributed by atoms with E-state index in [0.717, 1.165) is 19.3 Å². The minimum Gasteiger partial charge on any atom is -0.462 e. The molecule has 6 aliphatic rings. The van der Waals surface area contributed by atoms with Crippen LogP contribution in [0.1, 0.15) is 87.5 Å². The number of hydrogen-bond acceptors (Lipinski definition) is 9. The van der Waals surface area contributed by atoms with Crippen LogP contribution in [0.25, 0.3) is 0 Å². The van der Waals surface area contributed by atoms with Gasteiger partial charge >= 0.3 is 17.9 Å². The molecule has 9 heteroatoms. The van der Waals surface area contributed by atoms with E-state index in [4.69, 9.17) is 23.7 Å². The molecule has 0 bridgehead atoms. The molecular weight excluding hydrogens is 528 g/mol. The summed E-state index contributed by atoms with van der Waals surface area (Å²) in [6, 6.07) is 0. The fourth-order valence-electron chi connectivity index (χ4n) is 11.5. The molecule has 0 aromatic heterocycles. The minimum atomic E-state index is -0.779. The first-order chi connectivity index (χ1) is 19.1. The van der Waals surface area contributed by atoms with Crippen LogP contribution in [-0.2, 0) is 42.9 Å². The summed E-state index contributed by atoms with van der Waals surface area (Å²) in [5.74, 6) is -1.15. The second kappa shape index (κ2) is 9.01. The summed E-state index contributed by atoms with van der Waals surface area (Å²) in [5.41, 5.74) is -2.94. The smallest absolute Gasteiger partial charge is 0.302 e. The summed E-state index contributed by atoms with van der Waals surface area (Å²) in [5, 5.41) is 0. The lowest BCUT2D eigenvalue weighted by Gasteiger charge is -2.70. The Morgan fingerprint density at radius 1 is 0.805 bits per heavy atom. The molecule has 1 spiro atoms. The Morgan fingerprint density at radius 2 is 1.41 bits per heavy atom. The number of epoxide rings is 1. The van der Waals surface area contributed by atoms with Gasteiger partial charge < -0.3 is 23.7 Å². The van der Waals surface area contributed by atoms with Crippen molar-refractivity contribution >= 4 is 23.7 Å². The van der Waals surface area contributed by atoms with Crippen LogP contribution < -0.4 is 0 Å². The molecule has 2 aliphatic heterocycles. The maximum Gasteiger partial charge on any atom is 0.302 e. The van der Waals surface area contributed by atoms with Crippen molar-refractivity contribution < 1.29 is 42.9 Å². The van der Waals surface area contributed by atoms with Crippen LogP contribution in [-0.4, -0.2) is 66.9 Å². The van der Waals surface area contributed by atoms with Gasteiger partial charge in [-0.2, -0.15) is 0 Å². The number of rotatable bonds is 4. The third-order valence-corrected chi connectivity index (χ3v) is 13.0. The molecule has 0 amide bonds. The SMILES string of the molecule is CC(=O)O[C@H]1C[C@@H](OC(C)=O)C(C)(C)C2C[C@@H](OC(C)=O)[C@]3(C)C(CC[C@@]4(C)[C@H](C5CCOC5)C(=O)[C@H]5OC543)[C@]21C. The zero-order chi connectivity index (χ0) is 29.9. The van der Waals surface area contributed by atoms with Gasteiger partial charge in [0.1, 0.15) is 30.0 Å². The van der Waals surface area contributed by atoms with Crippen LogP contribution in [0.4, 0.5) is 0 Å². The van der Waals surface area contributed by atoms with Crippen molar-refractivity contribution in [2.45, 2.75) is 118 Å². The summed E-state index contributed by atoms with van der Waals surface area (Å²) < 4.78 is 30.6. The number of carbonyl (C=O) groups is 4. The zero-order valence-corrected chi connectivity index (χ0v) is 25.7. The van der Waals surface area contributed by atoms with Gasteiger partial charge in [-0.1, -0.05) is 34.6 Å². The summed E-state index contributed by atoms with van der Waals surface area (Å²) in [6.45, 7) is 16.3. The molecule has 0 aromatic rings. The van der Waals surface area contributed by atoms with Crippen molar-refractivity contribution in [1.82, 2.24) is 0 Å². The molecule has 0 aromatic carbocycles. The molecule has 12 atom stereocenters. The van der Waals surface area contributed by atoms with Crippen molar-refractivity contribution in [1.29, 1.82) is 0 Å². The lowest BCUT2D eigenvalue weighted by molar-refractivity contribution is -0.291. The highest BCUT2D eigenvalue weighted by Gasteiger charge is 2.90. The first kappa shape index (κ1) is 29.1. The molecule has 0 N–H and O–H groups in total. The zero-order valence-electron chi connectivity index (χ0n) is 25.7. The van der Waals surface area contributed by atoms with Crippen LogP contribution in [0.2, 0.25) is 0 Å². The van der Waals surface area contributed by atoms with E-state index in [0.29, 0.717) is 26.1 Å². The molecule has 9 nitrogen and oxygen atoms in total. The normalized spacial score (nSPS) is 51.0. The van der Waals surface area contributed by atoms with Crippen molar-refractivity contribution in [3.63, 3.8) is 0 Å². The number of esters is 3. The number of ketones is 1. The van der Waals surface area contributed by atoms with E-state index in [1.54, 1.807) is 0 Å². The van der Waals surface area contributed by atoms with Gasteiger partial charge in [-0.3, -0.25) is 19.2 Å². The molecule has 41 heavy (non-hydrogen) atoms. The van der Waals surface area contributed by atoms with Gasteiger partial charge in [-0.15, -0.1) is 0 Å². The summed E-state index contributed by atoms with van der Waals surface area (Å²) in [4.78, 5) is 51.5. The average molecular weight is 575 g/mol. The topological polar surface area (TPSA) is 118 Å². The number of ether oxygens (including phenoxy) is 5. The van der Waals surface area contributed by atoms with Crippen LogP contribution in [0.5, 0.6) is 0 Å². The van der Waals surface area contributed by atoms with Crippen LogP contribution >= 0.6 is 0 Å². The van der Waals surface area contributed by atoms with E-state index in [1.165, 1.54) is 20.8 Å². The summed E-state index contributed by atoms with van der Waals surface area (Å²) in [6.07, 6.45) is 1.26. The molecule has 4 saturated carbocycles. The Balaban J connectivity index is 1.51. The monoisotopic (exact) mass is 574 g/mol.